The number of hydrogen-bond donors (Lipinski definition) is 0. The van der Waals surface area contributed by atoms with Gasteiger partial charge in [0.15, 0.2) is 5.60 Å². The van der Waals surface area contributed by atoms with Crippen molar-refractivity contribution >= 4 is 5.71 Å². The van der Waals surface area contributed by atoms with E-state index in [2.05, 4.69) is 22.1 Å². The normalized spacial score (nSPS) is 26.4. The zero-order chi connectivity index (χ0) is 13.7. The molecule has 4 nitrogen and oxygen atoms in total. The smallest absolute Gasteiger partial charge is 0.156 e. The first-order valence-electron chi connectivity index (χ1n) is 7.11. The number of nitrogens with zero attached hydrogens (tertiary/aromatic N) is 3. The number of likely N-dealkylation sites (tertiary alicyclic amines) is 1. The summed E-state index contributed by atoms with van der Waals surface area (Å²) < 4.78 is 0. The van der Waals surface area contributed by atoms with Crippen molar-refractivity contribution in [3.8, 4) is 0 Å². The Morgan fingerprint density at radius 3 is 2.89 bits per heavy atom. The van der Waals surface area contributed by atoms with Crippen molar-refractivity contribution in [1.82, 2.24) is 9.88 Å². The van der Waals surface area contributed by atoms with Crippen LogP contribution in [-0.2, 0) is 4.84 Å². The summed E-state index contributed by atoms with van der Waals surface area (Å²) >= 11 is 0. The summed E-state index contributed by atoms with van der Waals surface area (Å²) in [4.78, 5) is 12.2. The highest BCUT2D eigenvalue weighted by atomic mass is 16.7. The lowest BCUT2D eigenvalue weighted by atomic mass is 9.87. The van der Waals surface area contributed by atoms with Gasteiger partial charge in [-0.3, -0.25) is 4.98 Å². The number of rotatable bonds is 1. The third-order valence-corrected chi connectivity index (χ3v) is 3.56. The molecule has 0 aromatic carbocycles. The minimum absolute atomic E-state index is 0.0851. The molecule has 0 N–H and O–H groups in total. The highest BCUT2D eigenvalue weighted by Gasteiger charge is 2.42. The third-order valence-electron chi connectivity index (χ3n) is 3.56. The fraction of sp³-hybridized carbons (Fsp3) is 0.600. The van der Waals surface area contributed by atoms with Crippen LogP contribution < -0.4 is 0 Å². The molecule has 1 atom stereocenters. The molecule has 0 bridgehead atoms. The minimum Gasteiger partial charge on any atom is -0.387 e. The Morgan fingerprint density at radius 1 is 1.37 bits per heavy atom. The van der Waals surface area contributed by atoms with Crippen LogP contribution in [0.1, 0.15) is 38.7 Å². The molecule has 1 fully saturated rings. The second-order valence-corrected chi connectivity index (χ2v) is 5.07. The quantitative estimate of drug-likeness (QED) is 0.780. The molecule has 104 valence electrons. The molecule has 1 saturated heterocycles. The van der Waals surface area contributed by atoms with Crippen LogP contribution >= 0.6 is 0 Å². The van der Waals surface area contributed by atoms with Crippen LogP contribution in [0.5, 0.6) is 0 Å². The molecule has 0 saturated carbocycles. The summed E-state index contributed by atoms with van der Waals surface area (Å²) in [6.07, 6.45) is 6.83. The van der Waals surface area contributed by atoms with E-state index in [0.29, 0.717) is 0 Å². The molecule has 2 aliphatic heterocycles. The first kappa shape index (κ1) is 14.0. The SMILES string of the molecule is CC.CN1CCCC2(CC(c3cccnc3)=NO2)C1. The van der Waals surface area contributed by atoms with Crippen molar-refractivity contribution in [2.75, 3.05) is 20.1 Å². The summed E-state index contributed by atoms with van der Waals surface area (Å²) in [5, 5.41) is 4.27. The second-order valence-electron chi connectivity index (χ2n) is 5.07. The average molecular weight is 261 g/mol. The number of pyridine rings is 1. The van der Waals surface area contributed by atoms with E-state index in [-0.39, 0.29) is 5.60 Å². The molecule has 1 spiro atoms. The Balaban J connectivity index is 0.000000637. The fourth-order valence-electron chi connectivity index (χ4n) is 2.75. The summed E-state index contributed by atoms with van der Waals surface area (Å²) in [5.74, 6) is 0. The standard InChI is InChI=1S/C13H17N3O.C2H6/c1-16-7-3-5-13(10-16)8-12(15-17-13)11-4-2-6-14-9-11;1-2/h2,4,6,9H,3,5,7-8,10H2,1H3;1-2H3. The van der Waals surface area contributed by atoms with E-state index < -0.39 is 0 Å². The van der Waals surface area contributed by atoms with Crippen LogP contribution in [-0.4, -0.2) is 41.3 Å². The molecule has 0 amide bonds. The Bertz CT molecular complexity index is 432. The lowest BCUT2D eigenvalue weighted by molar-refractivity contribution is -0.0631. The molecule has 2 aliphatic rings. The second kappa shape index (κ2) is 6.15. The van der Waals surface area contributed by atoms with Gasteiger partial charge in [-0.15, -0.1) is 0 Å². The molecule has 19 heavy (non-hydrogen) atoms. The number of piperidine rings is 1. The summed E-state index contributed by atoms with van der Waals surface area (Å²) in [6, 6.07) is 3.98. The van der Waals surface area contributed by atoms with E-state index in [9.17, 15) is 0 Å². The largest absolute Gasteiger partial charge is 0.387 e. The highest BCUT2D eigenvalue weighted by molar-refractivity contribution is 6.01. The van der Waals surface area contributed by atoms with Crippen LogP contribution in [0.15, 0.2) is 29.7 Å². The number of hydrogen-bond acceptors (Lipinski definition) is 4. The van der Waals surface area contributed by atoms with E-state index >= 15 is 0 Å². The number of likely N-dealkylation sites (N-methyl/N-ethyl adjacent to an activating group) is 1. The van der Waals surface area contributed by atoms with E-state index in [4.69, 9.17) is 4.84 Å². The average Bonchev–Trinajstić information content (AvgIpc) is 2.85. The molecule has 1 aromatic heterocycles. The Hall–Kier alpha value is -1.42. The Morgan fingerprint density at radius 2 is 2.21 bits per heavy atom. The van der Waals surface area contributed by atoms with Gasteiger partial charge in [0.2, 0.25) is 0 Å². The predicted octanol–water partition coefficient (Wildman–Crippen LogP) is 2.70. The molecular formula is C15H23N3O. The van der Waals surface area contributed by atoms with Crippen LogP contribution in [0, 0.1) is 0 Å². The summed E-state index contributed by atoms with van der Waals surface area (Å²) in [7, 11) is 2.15. The summed E-state index contributed by atoms with van der Waals surface area (Å²) in [6.45, 7) is 6.13. The van der Waals surface area contributed by atoms with Crippen LogP contribution in [0.2, 0.25) is 0 Å². The van der Waals surface area contributed by atoms with Crippen molar-refractivity contribution < 1.29 is 4.84 Å². The maximum atomic E-state index is 5.74. The van der Waals surface area contributed by atoms with E-state index in [1.807, 2.05) is 32.2 Å². The topological polar surface area (TPSA) is 37.7 Å². The maximum Gasteiger partial charge on any atom is 0.156 e. The molecule has 3 heterocycles. The molecule has 4 heteroatoms. The Labute approximate surface area is 115 Å². The van der Waals surface area contributed by atoms with Crippen molar-refractivity contribution in [3.63, 3.8) is 0 Å². The van der Waals surface area contributed by atoms with Crippen molar-refractivity contribution in [2.45, 2.75) is 38.7 Å². The maximum absolute atomic E-state index is 5.74. The molecule has 0 aliphatic carbocycles. The lowest BCUT2D eigenvalue weighted by Crippen LogP contribution is -2.46. The van der Waals surface area contributed by atoms with Gasteiger partial charge >= 0.3 is 0 Å². The van der Waals surface area contributed by atoms with Gasteiger partial charge in [0.1, 0.15) is 0 Å². The zero-order valence-corrected chi connectivity index (χ0v) is 12.1. The van der Waals surface area contributed by atoms with Crippen molar-refractivity contribution in [1.29, 1.82) is 0 Å². The van der Waals surface area contributed by atoms with Gasteiger partial charge in [0, 0.05) is 30.9 Å². The first-order valence-corrected chi connectivity index (χ1v) is 7.11. The van der Waals surface area contributed by atoms with Gasteiger partial charge in [-0.1, -0.05) is 19.0 Å². The molecule has 1 aromatic rings. The fourth-order valence-corrected chi connectivity index (χ4v) is 2.75. The van der Waals surface area contributed by atoms with Gasteiger partial charge < -0.3 is 9.74 Å². The zero-order valence-electron chi connectivity index (χ0n) is 12.1. The van der Waals surface area contributed by atoms with Crippen molar-refractivity contribution in [3.05, 3.63) is 30.1 Å². The van der Waals surface area contributed by atoms with Crippen LogP contribution in [0.3, 0.4) is 0 Å². The molecule has 3 rings (SSSR count). The monoisotopic (exact) mass is 261 g/mol. The third kappa shape index (κ3) is 3.13. The van der Waals surface area contributed by atoms with Crippen LogP contribution in [0.4, 0.5) is 0 Å². The molecular weight excluding hydrogens is 238 g/mol. The Kier molecular flexibility index (Phi) is 4.53. The van der Waals surface area contributed by atoms with Gasteiger partial charge in [-0.25, -0.2) is 0 Å². The van der Waals surface area contributed by atoms with Gasteiger partial charge in [0.25, 0.3) is 0 Å². The van der Waals surface area contributed by atoms with Gasteiger partial charge in [-0.05, 0) is 38.6 Å². The highest BCUT2D eigenvalue weighted by Crippen LogP contribution is 2.34. The lowest BCUT2D eigenvalue weighted by Gasteiger charge is -2.36. The number of oxime groups is 1. The first-order chi connectivity index (χ1) is 9.27. The molecule has 1 unspecified atom stereocenters. The van der Waals surface area contributed by atoms with Gasteiger partial charge in [-0.2, -0.15) is 0 Å². The van der Waals surface area contributed by atoms with E-state index in [1.54, 1.807) is 6.20 Å². The molecule has 0 radical (unpaired) electrons. The van der Waals surface area contributed by atoms with Crippen LogP contribution in [0.25, 0.3) is 0 Å². The number of aromatic nitrogens is 1. The van der Waals surface area contributed by atoms with E-state index in [1.165, 1.54) is 6.42 Å². The van der Waals surface area contributed by atoms with Gasteiger partial charge in [0.05, 0.1) is 5.71 Å². The minimum atomic E-state index is -0.0851. The predicted molar refractivity (Wildman–Crippen MR) is 77.3 cm³/mol. The van der Waals surface area contributed by atoms with E-state index in [0.717, 1.165) is 37.2 Å². The van der Waals surface area contributed by atoms with Crippen molar-refractivity contribution in [2.24, 2.45) is 5.16 Å². The summed E-state index contributed by atoms with van der Waals surface area (Å²) in [5.41, 5.74) is 2.03.